The highest BCUT2D eigenvalue weighted by Crippen LogP contribution is 2.23. The van der Waals surface area contributed by atoms with Gasteiger partial charge in [0.15, 0.2) is 9.84 Å². The number of carboxylic acids is 1. The molecule has 36 heavy (non-hydrogen) atoms. The molecule has 0 spiro atoms. The summed E-state index contributed by atoms with van der Waals surface area (Å²) in [6.07, 6.45) is 1.57. The van der Waals surface area contributed by atoms with Crippen molar-refractivity contribution in [2.24, 2.45) is 0 Å². The van der Waals surface area contributed by atoms with E-state index in [1.165, 1.54) is 6.07 Å². The van der Waals surface area contributed by atoms with Crippen LogP contribution in [0.25, 0.3) is 11.1 Å². The largest absolute Gasteiger partial charge is 0.478 e. The van der Waals surface area contributed by atoms with Gasteiger partial charge in [0.2, 0.25) is 0 Å². The molecule has 2 N–H and O–H groups in total. The van der Waals surface area contributed by atoms with E-state index in [0.717, 1.165) is 5.56 Å². The highest BCUT2D eigenvalue weighted by atomic mass is 32.2. The first-order valence-electron chi connectivity index (χ1n) is 11.1. The van der Waals surface area contributed by atoms with Crippen molar-refractivity contribution in [3.63, 3.8) is 0 Å². The van der Waals surface area contributed by atoms with E-state index in [1.54, 1.807) is 85.9 Å². The maximum absolute atomic E-state index is 12.8. The minimum atomic E-state index is -3.48. The Bertz CT molecular complexity index is 1540. The van der Waals surface area contributed by atoms with E-state index in [1.807, 2.05) is 6.92 Å². The van der Waals surface area contributed by atoms with Crippen LogP contribution in [0.1, 0.15) is 37.5 Å². The molecule has 0 saturated heterocycles. The molecule has 0 saturated carbocycles. The van der Waals surface area contributed by atoms with Crippen LogP contribution in [0.2, 0.25) is 0 Å². The molecule has 0 radical (unpaired) electrons. The van der Waals surface area contributed by atoms with Crippen LogP contribution in [0.5, 0.6) is 0 Å². The Kier molecular flexibility index (Phi) is 6.98. The lowest BCUT2D eigenvalue weighted by Crippen LogP contribution is -2.12. The molecule has 3 aromatic carbocycles. The molecule has 1 amide bonds. The van der Waals surface area contributed by atoms with Crippen molar-refractivity contribution in [3.05, 3.63) is 113 Å². The van der Waals surface area contributed by atoms with Crippen molar-refractivity contribution >= 4 is 27.4 Å². The Morgan fingerprint density at radius 1 is 0.889 bits per heavy atom. The number of sulfone groups is 1. The molecule has 0 aliphatic rings. The monoisotopic (exact) mass is 500 g/mol. The molecule has 0 unspecified atom stereocenters. The van der Waals surface area contributed by atoms with E-state index >= 15 is 0 Å². The summed E-state index contributed by atoms with van der Waals surface area (Å²) in [6, 6.07) is 21.7. The number of nitrogens with zero attached hydrogens (tertiary/aromatic N) is 1. The summed E-state index contributed by atoms with van der Waals surface area (Å²) >= 11 is 0. The van der Waals surface area contributed by atoms with Crippen LogP contribution >= 0.6 is 0 Å². The summed E-state index contributed by atoms with van der Waals surface area (Å²) in [5.41, 5.74) is 4.27. The quantitative estimate of drug-likeness (QED) is 0.356. The molecular formula is C28H24N2O5S. The number of rotatable bonds is 7. The second-order valence-corrected chi connectivity index (χ2v) is 10.5. The maximum Gasteiger partial charge on any atom is 0.337 e. The first-order valence-corrected chi connectivity index (χ1v) is 12.8. The van der Waals surface area contributed by atoms with E-state index in [0.29, 0.717) is 33.6 Å². The van der Waals surface area contributed by atoms with Gasteiger partial charge in [-0.2, -0.15) is 0 Å². The normalized spacial score (nSPS) is 11.2. The predicted octanol–water partition coefficient (Wildman–Crippen LogP) is 5.29. The lowest BCUT2D eigenvalue weighted by atomic mass is 10.0. The average Bonchev–Trinajstić information content (AvgIpc) is 2.85. The number of carbonyl (C=O) groups is 2. The van der Waals surface area contributed by atoms with Crippen LogP contribution in [0.4, 0.5) is 5.69 Å². The Labute approximate surface area is 209 Å². The summed E-state index contributed by atoms with van der Waals surface area (Å²) in [5.74, 6) is -1.56. The molecule has 0 aliphatic carbocycles. The van der Waals surface area contributed by atoms with E-state index in [-0.39, 0.29) is 22.1 Å². The van der Waals surface area contributed by atoms with Gasteiger partial charge in [-0.15, -0.1) is 0 Å². The van der Waals surface area contributed by atoms with Crippen molar-refractivity contribution in [1.82, 2.24) is 4.98 Å². The zero-order valence-corrected chi connectivity index (χ0v) is 20.5. The number of nitrogens with one attached hydrogen (secondary N) is 1. The van der Waals surface area contributed by atoms with Gasteiger partial charge in [-0.05, 0) is 67.4 Å². The molecule has 182 valence electrons. The molecule has 0 bridgehead atoms. The average molecular weight is 501 g/mol. The van der Waals surface area contributed by atoms with E-state index in [4.69, 9.17) is 0 Å². The molecule has 0 fully saturated rings. The van der Waals surface area contributed by atoms with Gasteiger partial charge in [0, 0.05) is 23.0 Å². The minimum absolute atomic E-state index is 0.104. The summed E-state index contributed by atoms with van der Waals surface area (Å²) in [7, 11) is -3.48. The number of anilines is 1. The maximum atomic E-state index is 12.8. The molecule has 8 heteroatoms. The van der Waals surface area contributed by atoms with Crippen LogP contribution in [0, 0.1) is 13.8 Å². The summed E-state index contributed by atoms with van der Waals surface area (Å²) in [5, 5.41) is 12.2. The lowest BCUT2D eigenvalue weighted by molar-refractivity contribution is 0.0695. The van der Waals surface area contributed by atoms with Gasteiger partial charge in [-0.25, -0.2) is 13.2 Å². The molecule has 4 aromatic rings. The number of aryl methyl sites for hydroxylation is 2. The Hall–Kier alpha value is -4.30. The topological polar surface area (TPSA) is 113 Å². The van der Waals surface area contributed by atoms with Gasteiger partial charge in [0.25, 0.3) is 5.91 Å². The number of amides is 1. The van der Waals surface area contributed by atoms with Crippen LogP contribution in [-0.2, 0) is 15.6 Å². The first kappa shape index (κ1) is 24.8. The van der Waals surface area contributed by atoms with Crippen molar-refractivity contribution < 1.29 is 23.1 Å². The molecule has 7 nitrogen and oxygen atoms in total. The molecular weight excluding hydrogens is 476 g/mol. The second-order valence-electron chi connectivity index (χ2n) is 8.47. The fraction of sp³-hybridized carbons (Fsp3) is 0.107. The van der Waals surface area contributed by atoms with Gasteiger partial charge in [-0.1, -0.05) is 42.0 Å². The van der Waals surface area contributed by atoms with Crippen LogP contribution in [0.3, 0.4) is 0 Å². The molecule has 0 atom stereocenters. The Morgan fingerprint density at radius 3 is 2.25 bits per heavy atom. The molecule has 4 rings (SSSR count). The fourth-order valence-corrected chi connectivity index (χ4v) is 5.03. The smallest absolute Gasteiger partial charge is 0.337 e. The van der Waals surface area contributed by atoms with Crippen LogP contribution < -0.4 is 5.32 Å². The number of pyridine rings is 1. The standard InChI is InChI=1S/C28H24N2O5S/c1-18-6-12-25(13-7-18)36(34,35)17-20-8-10-24(11-9-20)30-27(31)22-5-3-4-21(14-22)23-15-26(28(32)33)19(2)29-16-23/h3-16H,17H2,1-2H3,(H,30,31)(H,32,33). The highest BCUT2D eigenvalue weighted by Gasteiger charge is 2.16. The minimum Gasteiger partial charge on any atom is -0.478 e. The zero-order valence-electron chi connectivity index (χ0n) is 19.7. The van der Waals surface area contributed by atoms with Crippen LogP contribution in [0.15, 0.2) is 90.0 Å². The van der Waals surface area contributed by atoms with Crippen molar-refractivity contribution in [2.75, 3.05) is 5.32 Å². The van der Waals surface area contributed by atoms with E-state index in [2.05, 4.69) is 10.3 Å². The number of carbonyl (C=O) groups excluding carboxylic acids is 1. The second kappa shape index (κ2) is 10.1. The van der Waals surface area contributed by atoms with Crippen molar-refractivity contribution in [3.8, 4) is 11.1 Å². The third-order valence-corrected chi connectivity index (χ3v) is 7.43. The van der Waals surface area contributed by atoms with Crippen LogP contribution in [-0.4, -0.2) is 30.4 Å². The third-order valence-electron chi connectivity index (χ3n) is 5.72. The number of hydrogen-bond donors (Lipinski definition) is 2. The van der Waals surface area contributed by atoms with Gasteiger partial charge in [0.05, 0.1) is 21.9 Å². The molecule has 0 aliphatic heterocycles. The highest BCUT2D eigenvalue weighted by molar-refractivity contribution is 7.90. The summed E-state index contributed by atoms with van der Waals surface area (Å²) in [4.78, 5) is 28.7. The molecule has 1 heterocycles. The third kappa shape index (κ3) is 5.67. The number of aromatic nitrogens is 1. The zero-order chi connectivity index (χ0) is 25.9. The van der Waals surface area contributed by atoms with Gasteiger partial charge < -0.3 is 10.4 Å². The number of aromatic carboxylic acids is 1. The van der Waals surface area contributed by atoms with Crippen molar-refractivity contribution in [1.29, 1.82) is 0 Å². The Balaban J connectivity index is 1.47. The summed E-state index contributed by atoms with van der Waals surface area (Å²) in [6.45, 7) is 3.52. The van der Waals surface area contributed by atoms with Gasteiger partial charge >= 0.3 is 5.97 Å². The van der Waals surface area contributed by atoms with Gasteiger partial charge in [0.1, 0.15) is 0 Å². The van der Waals surface area contributed by atoms with Gasteiger partial charge in [-0.3, -0.25) is 9.78 Å². The first-order chi connectivity index (χ1) is 17.1. The SMILES string of the molecule is Cc1ccc(S(=O)(=O)Cc2ccc(NC(=O)c3cccc(-c4cnc(C)c(C(=O)O)c4)c3)cc2)cc1. The van der Waals surface area contributed by atoms with E-state index in [9.17, 15) is 23.1 Å². The van der Waals surface area contributed by atoms with E-state index < -0.39 is 15.8 Å². The lowest BCUT2D eigenvalue weighted by Gasteiger charge is -2.10. The number of hydrogen-bond acceptors (Lipinski definition) is 5. The summed E-state index contributed by atoms with van der Waals surface area (Å²) < 4.78 is 25.4. The number of carboxylic acid groups (broad SMARTS) is 1. The van der Waals surface area contributed by atoms with Crippen molar-refractivity contribution in [2.45, 2.75) is 24.5 Å². The fourth-order valence-electron chi connectivity index (χ4n) is 3.68. The Morgan fingerprint density at radius 2 is 1.58 bits per heavy atom. The molecule has 1 aromatic heterocycles. The predicted molar refractivity (Wildman–Crippen MR) is 138 cm³/mol. The number of benzene rings is 3.